The number of fused-ring (bicyclic) bond motifs is 3. The lowest BCUT2D eigenvalue weighted by molar-refractivity contribution is -0.939. The predicted octanol–water partition coefficient (Wildman–Crippen LogP) is 2.84. The van der Waals surface area contributed by atoms with Gasteiger partial charge in [0.1, 0.15) is 12.8 Å². The molecule has 0 spiro atoms. The Kier molecular flexibility index (Phi) is 5.97. The summed E-state index contributed by atoms with van der Waals surface area (Å²) in [5.41, 5.74) is -1.02. The number of nitrogens with zero attached hydrogens (tertiary/aromatic N) is 2. The SMILES string of the molecule is O=C(C[N+]12CCC(CC1)C(OC(=O)[C@](O)(c1ccccc1)C1CCCC1)C2)Nc1ccon1. The lowest BCUT2D eigenvalue weighted by atomic mass is 9.79. The van der Waals surface area contributed by atoms with E-state index in [1.165, 1.54) is 6.26 Å². The van der Waals surface area contributed by atoms with Crippen LogP contribution in [0, 0.1) is 11.8 Å². The molecule has 8 nitrogen and oxygen atoms in total. The molecular formula is C25H32N3O5+. The highest BCUT2D eigenvalue weighted by Gasteiger charge is 2.53. The van der Waals surface area contributed by atoms with Gasteiger partial charge in [-0.2, -0.15) is 0 Å². The normalized spacial score (nSPS) is 28.9. The summed E-state index contributed by atoms with van der Waals surface area (Å²) in [6.45, 7) is 2.67. The van der Waals surface area contributed by atoms with Gasteiger partial charge >= 0.3 is 5.97 Å². The Morgan fingerprint density at radius 1 is 1.12 bits per heavy atom. The largest absolute Gasteiger partial charge is 0.454 e. The molecule has 2 bridgehead atoms. The molecule has 1 amide bonds. The highest BCUT2D eigenvalue weighted by Crippen LogP contribution is 2.43. The fourth-order valence-corrected chi connectivity index (χ4v) is 6.12. The van der Waals surface area contributed by atoms with Crippen LogP contribution < -0.4 is 5.32 Å². The van der Waals surface area contributed by atoms with Gasteiger partial charge in [-0.05, 0) is 18.4 Å². The number of hydrogen-bond donors (Lipinski definition) is 2. The summed E-state index contributed by atoms with van der Waals surface area (Å²) in [4.78, 5) is 26.2. The van der Waals surface area contributed by atoms with Crippen LogP contribution in [0.25, 0.3) is 0 Å². The molecule has 2 N–H and O–H groups in total. The molecule has 4 fully saturated rings. The number of aromatic nitrogens is 1. The average Bonchev–Trinajstić information content (AvgIpc) is 3.54. The molecule has 4 aliphatic rings. The van der Waals surface area contributed by atoms with Crippen molar-refractivity contribution in [2.24, 2.45) is 11.8 Å². The molecular weight excluding hydrogens is 422 g/mol. The number of hydrogen-bond acceptors (Lipinski definition) is 6. The van der Waals surface area contributed by atoms with Crippen LogP contribution in [-0.2, 0) is 19.9 Å². The molecule has 1 saturated carbocycles. The van der Waals surface area contributed by atoms with Crippen LogP contribution in [0.1, 0.15) is 44.1 Å². The van der Waals surface area contributed by atoms with E-state index in [4.69, 9.17) is 9.26 Å². The van der Waals surface area contributed by atoms with Crippen LogP contribution in [0.5, 0.6) is 0 Å². The maximum Gasteiger partial charge on any atom is 0.343 e. The molecule has 1 aliphatic carbocycles. The Morgan fingerprint density at radius 2 is 1.85 bits per heavy atom. The van der Waals surface area contributed by atoms with E-state index in [2.05, 4.69) is 10.5 Å². The van der Waals surface area contributed by atoms with Crippen molar-refractivity contribution in [2.45, 2.75) is 50.2 Å². The van der Waals surface area contributed by atoms with Gasteiger partial charge in [-0.1, -0.05) is 48.3 Å². The third-order valence-electron chi connectivity index (χ3n) is 7.96. The minimum absolute atomic E-state index is 0.124. The number of amides is 1. The van der Waals surface area contributed by atoms with Gasteiger partial charge in [-0.25, -0.2) is 4.79 Å². The van der Waals surface area contributed by atoms with E-state index in [1.807, 2.05) is 30.3 Å². The van der Waals surface area contributed by atoms with E-state index in [-0.39, 0.29) is 23.8 Å². The molecule has 6 rings (SSSR count). The second kappa shape index (κ2) is 8.91. The van der Waals surface area contributed by atoms with Crippen molar-refractivity contribution in [3.63, 3.8) is 0 Å². The third kappa shape index (κ3) is 4.29. The Morgan fingerprint density at radius 3 is 2.52 bits per heavy atom. The molecule has 0 radical (unpaired) electrons. The maximum atomic E-state index is 13.6. The Hall–Kier alpha value is -2.71. The van der Waals surface area contributed by atoms with Crippen molar-refractivity contribution in [1.82, 2.24) is 5.16 Å². The topological polar surface area (TPSA) is 102 Å². The van der Waals surface area contributed by atoms with E-state index >= 15 is 0 Å². The van der Waals surface area contributed by atoms with Gasteiger partial charge in [0.05, 0.1) is 13.1 Å². The Bertz CT molecular complexity index is 965. The fraction of sp³-hybridized carbons (Fsp3) is 0.560. The summed E-state index contributed by atoms with van der Waals surface area (Å²) in [7, 11) is 0. The number of carbonyl (C=O) groups excluding carboxylic acids is 2. The van der Waals surface area contributed by atoms with Crippen molar-refractivity contribution in [3.8, 4) is 0 Å². The molecule has 33 heavy (non-hydrogen) atoms. The van der Waals surface area contributed by atoms with Crippen molar-refractivity contribution in [3.05, 3.63) is 48.2 Å². The van der Waals surface area contributed by atoms with Gasteiger partial charge in [0.2, 0.25) is 0 Å². The fourth-order valence-electron chi connectivity index (χ4n) is 6.12. The number of esters is 1. The standard InChI is InChI=1S/C25H31N3O5/c29-23(26-22-12-15-32-27-22)17-28-13-10-18(11-14-28)21(16-28)33-24(30)25(31,20-8-4-5-9-20)19-6-2-1-3-7-19/h1-3,6-7,12,15,18,20-21,31H,4-5,8-11,13-14,16-17H2/p+1/t18?,21?,25-,28?/m0/s1. The summed E-state index contributed by atoms with van der Waals surface area (Å²) in [5, 5.41) is 18.3. The van der Waals surface area contributed by atoms with Gasteiger partial charge in [0.25, 0.3) is 5.91 Å². The molecule has 1 aromatic heterocycles. The average molecular weight is 455 g/mol. The Balaban J connectivity index is 1.31. The number of rotatable bonds is 7. The second-order valence-corrected chi connectivity index (χ2v) is 9.96. The summed E-state index contributed by atoms with van der Waals surface area (Å²) in [6.07, 6.45) is 6.59. The van der Waals surface area contributed by atoms with Crippen molar-refractivity contribution >= 4 is 17.7 Å². The summed E-state index contributed by atoms with van der Waals surface area (Å²) < 4.78 is 11.5. The predicted molar refractivity (Wildman–Crippen MR) is 120 cm³/mol. The molecule has 2 atom stereocenters. The summed E-state index contributed by atoms with van der Waals surface area (Å²) in [5.74, 6) is -0.121. The van der Waals surface area contributed by atoms with Crippen LogP contribution in [-0.4, -0.2) is 58.9 Å². The minimum atomic E-state index is -1.63. The number of aliphatic hydroxyl groups is 1. The van der Waals surface area contributed by atoms with E-state index in [0.29, 0.717) is 29.0 Å². The first-order valence-electron chi connectivity index (χ1n) is 12.0. The van der Waals surface area contributed by atoms with Crippen LogP contribution in [0.4, 0.5) is 5.82 Å². The molecule has 1 aromatic carbocycles. The molecule has 176 valence electrons. The minimum Gasteiger partial charge on any atom is -0.454 e. The van der Waals surface area contributed by atoms with Gasteiger partial charge in [-0.3, -0.25) is 4.79 Å². The highest BCUT2D eigenvalue weighted by atomic mass is 16.6. The smallest absolute Gasteiger partial charge is 0.343 e. The molecule has 4 heterocycles. The van der Waals surface area contributed by atoms with Gasteiger partial charge in [0, 0.05) is 30.7 Å². The van der Waals surface area contributed by atoms with Crippen molar-refractivity contribution in [1.29, 1.82) is 0 Å². The number of ether oxygens (including phenoxy) is 1. The number of benzene rings is 1. The first-order chi connectivity index (χ1) is 16.0. The third-order valence-corrected chi connectivity index (χ3v) is 7.96. The van der Waals surface area contributed by atoms with Crippen LogP contribution >= 0.6 is 0 Å². The first-order valence-corrected chi connectivity index (χ1v) is 12.0. The quantitative estimate of drug-likeness (QED) is 0.493. The summed E-state index contributed by atoms with van der Waals surface area (Å²) in [6, 6.07) is 10.8. The van der Waals surface area contributed by atoms with Gasteiger partial charge in [0.15, 0.2) is 24.1 Å². The number of anilines is 1. The lowest BCUT2D eigenvalue weighted by Crippen LogP contribution is -2.66. The van der Waals surface area contributed by atoms with E-state index in [0.717, 1.165) is 51.6 Å². The number of quaternary nitrogens is 1. The zero-order valence-electron chi connectivity index (χ0n) is 18.8. The number of nitrogens with one attached hydrogen (secondary N) is 1. The Labute approximate surface area is 193 Å². The first kappa shape index (κ1) is 22.1. The highest BCUT2D eigenvalue weighted by molar-refractivity contribution is 5.90. The van der Waals surface area contributed by atoms with E-state index in [9.17, 15) is 14.7 Å². The lowest BCUT2D eigenvalue weighted by Gasteiger charge is -2.51. The molecule has 8 heteroatoms. The van der Waals surface area contributed by atoms with Gasteiger partial charge < -0.3 is 24.2 Å². The van der Waals surface area contributed by atoms with Crippen LogP contribution in [0.15, 0.2) is 47.2 Å². The monoisotopic (exact) mass is 454 g/mol. The van der Waals surface area contributed by atoms with E-state index in [1.54, 1.807) is 6.07 Å². The number of piperidine rings is 3. The molecule has 2 aromatic rings. The number of carbonyl (C=O) groups is 2. The second-order valence-electron chi connectivity index (χ2n) is 9.96. The molecule has 3 saturated heterocycles. The zero-order valence-corrected chi connectivity index (χ0v) is 18.8. The van der Waals surface area contributed by atoms with Gasteiger partial charge in [-0.15, -0.1) is 0 Å². The van der Waals surface area contributed by atoms with Crippen LogP contribution in [0.3, 0.4) is 0 Å². The van der Waals surface area contributed by atoms with E-state index < -0.39 is 11.6 Å². The molecule has 3 aliphatic heterocycles. The van der Waals surface area contributed by atoms with Crippen molar-refractivity contribution < 1.29 is 28.4 Å². The maximum absolute atomic E-state index is 13.6. The van der Waals surface area contributed by atoms with Crippen LogP contribution in [0.2, 0.25) is 0 Å². The zero-order chi connectivity index (χ0) is 22.9. The van der Waals surface area contributed by atoms with Crippen molar-refractivity contribution in [2.75, 3.05) is 31.5 Å². The molecule has 1 unspecified atom stereocenters. The summed E-state index contributed by atoms with van der Waals surface area (Å²) >= 11 is 0.